The molecule has 3 aromatic rings. The van der Waals surface area contributed by atoms with Crippen LogP contribution in [0.1, 0.15) is 34.7 Å². The lowest BCUT2D eigenvalue weighted by Crippen LogP contribution is -2.26. The van der Waals surface area contributed by atoms with Gasteiger partial charge in [-0.3, -0.25) is 4.99 Å². The minimum Gasteiger partial charge on any atom is -0.508 e. The summed E-state index contributed by atoms with van der Waals surface area (Å²) in [6, 6.07) is 26.5. The molecule has 0 aromatic heterocycles. The maximum atomic E-state index is 9.67. The molecular weight excluding hydrogens is 332 g/mol. The number of hydrogen-bond acceptors (Lipinski definition) is 3. The van der Waals surface area contributed by atoms with Crippen molar-refractivity contribution in [3.05, 3.63) is 101 Å². The van der Waals surface area contributed by atoms with Gasteiger partial charge in [0.05, 0.1) is 0 Å². The number of rotatable bonds is 4. The smallest absolute Gasteiger partial charge is 0.115 e. The van der Waals surface area contributed by atoms with Gasteiger partial charge in [-0.05, 0) is 40.8 Å². The number of nitrogens with zero attached hydrogens (tertiary/aromatic N) is 2. The fraction of sp³-hybridized carbons (Fsp3) is 0.208. The van der Waals surface area contributed by atoms with Crippen molar-refractivity contribution in [2.75, 3.05) is 7.05 Å². The topological polar surface area (TPSA) is 35.8 Å². The van der Waals surface area contributed by atoms with Crippen LogP contribution in [-0.2, 0) is 13.0 Å². The molecule has 27 heavy (non-hydrogen) atoms. The lowest BCUT2D eigenvalue weighted by Gasteiger charge is -2.20. The van der Waals surface area contributed by atoms with Crippen LogP contribution in [0.5, 0.6) is 5.75 Å². The highest BCUT2D eigenvalue weighted by molar-refractivity contribution is 5.83. The van der Waals surface area contributed by atoms with Gasteiger partial charge in [0, 0.05) is 20.0 Å². The van der Waals surface area contributed by atoms with E-state index in [1.807, 2.05) is 12.1 Å². The fourth-order valence-electron chi connectivity index (χ4n) is 3.68. The summed E-state index contributed by atoms with van der Waals surface area (Å²) >= 11 is 0. The standard InChI is InChI=1S/C24H24N2O/c1-26-17-20-9-5-6-10-22(20)24(19-12-14-21(27)15-13-19)25-23(26)16-11-18-7-3-2-4-8-18/h2-10,12-15,24,27H,11,16-17H2,1H3. The van der Waals surface area contributed by atoms with Gasteiger partial charge in [0.1, 0.15) is 17.6 Å². The molecule has 0 aliphatic carbocycles. The third kappa shape index (κ3) is 3.87. The summed E-state index contributed by atoms with van der Waals surface area (Å²) in [4.78, 5) is 7.44. The first-order chi connectivity index (χ1) is 13.2. The third-order valence-corrected chi connectivity index (χ3v) is 5.16. The number of aliphatic imine (C=N–C) groups is 1. The molecule has 0 spiro atoms. The molecule has 3 heteroatoms. The largest absolute Gasteiger partial charge is 0.508 e. The molecule has 1 unspecified atom stereocenters. The second-order valence-corrected chi connectivity index (χ2v) is 7.08. The Morgan fingerprint density at radius 1 is 0.889 bits per heavy atom. The number of benzene rings is 3. The predicted molar refractivity (Wildman–Crippen MR) is 110 cm³/mol. The van der Waals surface area contributed by atoms with Gasteiger partial charge in [0.25, 0.3) is 0 Å². The number of phenols is 1. The number of amidine groups is 1. The van der Waals surface area contributed by atoms with E-state index in [4.69, 9.17) is 4.99 Å². The van der Waals surface area contributed by atoms with Crippen LogP contribution in [-0.4, -0.2) is 22.9 Å². The Kier molecular flexibility index (Phi) is 4.93. The highest BCUT2D eigenvalue weighted by Gasteiger charge is 2.23. The van der Waals surface area contributed by atoms with Crippen LogP contribution < -0.4 is 0 Å². The summed E-state index contributed by atoms with van der Waals surface area (Å²) in [7, 11) is 2.12. The van der Waals surface area contributed by atoms with Crippen molar-refractivity contribution in [2.24, 2.45) is 4.99 Å². The van der Waals surface area contributed by atoms with E-state index in [1.54, 1.807) is 12.1 Å². The van der Waals surface area contributed by atoms with Crippen molar-refractivity contribution >= 4 is 5.84 Å². The lowest BCUT2D eigenvalue weighted by molar-refractivity contribution is 0.475. The Morgan fingerprint density at radius 2 is 1.59 bits per heavy atom. The Labute approximate surface area is 160 Å². The van der Waals surface area contributed by atoms with E-state index in [-0.39, 0.29) is 11.8 Å². The molecule has 0 radical (unpaired) electrons. The van der Waals surface area contributed by atoms with Gasteiger partial charge in [-0.1, -0.05) is 66.7 Å². The number of hydrogen-bond donors (Lipinski definition) is 1. The molecule has 1 atom stereocenters. The van der Waals surface area contributed by atoms with Crippen molar-refractivity contribution < 1.29 is 5.11 Å². The zero-order chi connectivity index (χ0) is 18.6. The summed E-state index contributed by atoms with van der Waals surface area (Å²) in [5, 5.41) is 9.67. The van der Waals surface area contributed by atoms with Crippen LogP contribution in [0.2, 0.25) is 0 Å². The average Bonchev–Trinajstić information content (AvgIpc) is 2.84. The predicted octanol–water partition coefficient (Wildman–Crippen LogP) is 4.96. The van der Waals surface area contributed by atoms with Crippen molar-refractivity contribution in [3.8, 4) is 5.75 Å². The van der Waals surface area contributed by atoms with Gasteiger partial charge in [-0.2, -0.15) is 0 Å². The second-order valence-electron chi connectivity index (χ2n) is 7.08. The molecule has 1 N–H and O–H groups in total. The minimum atomic E-state index is -0.0440. The number of aromatic hydroxyl groups is 1. The molecule has 1 aliphatic heterocycles. The molecule has 0 bridgehead atoms. The van der Waals surface area contributed by atoms with Gasteiger partial charge in [0.15, 0.2) is 0 Å². The van der Waals surface area contributed by atoms with E-state index in [9.17, 15) is 5.11 Å². The average molecular weight is 356 g/mol. The van der Waals surface area contributed by atoms with Crippen LogP contribution >= 0.6 is 0 Å². The molecular formula is C24H24N2O. The van der Waals surface area contributed by atoms with Gasteiger partial charge in [-0.25, -0.2) is 0 Å². The molecule has 4 rings (SSSR count). The fourth-order valence-corrected chi connectivity index (χ4v) is 3.68. The van der Waals surface area contributed by atoms with Gasteiger partial charge in [0.2, 0.25) is 0 Å². The Morgan fingerprint density at radius 3 is 2.37 bits per heavy atom. The van der Waals surface area contributed by atoms with Crippen LogP contribution in [0.15, 0.2) is 83.9 Å². The van der Waals surface area contributed by atoms with Crippen molar-refractivity contribution in [1.82, 2.24) is 4.90 Å². The number of phenolic OH excluding ortho intramolecular Hbond substituents is 1. The first-order valence-electron chi connectivity index (χ1n) is 9.39. The SMILES string of the molecule is CN1Cc2ccccc2C(c2ccc(O)cc2)N=C1CCc1ccccc1. The Bertz CT molecular complexity index is 932. The summed E-state index contributed by atoms with van der Waals surface area (Å²) in [5.74, 6) is 1.40. The summed E-state index contributed by atoms with van der Waals surface area (Å²) in [6.45, 7) is 0.860. The van der Waals surface area contributed by atoms with Crippen molar-refractivity contribution in [3.63, 3.8) is 0 Å². The molecule has 3 aromatic carbocycles. The van der Waals surface area contributed by atoms with Crippen LogP contribution in [0.25, 0.3) is 0 Å². The number of fused-ring (bicyclic) bond motifs is 1. The normalized spacial score (nSPS) is 16.4. The Hall–Kier alpha value is -3.07. The highest BCUT2D eigenvalue weighted by atomic mass is 16.3. The molecule has 136 valence electrons. The summed E-state index contributed by atoms with van der Waals surface area (Å²) in [5.41, 5.74) is 4.98. The highest BCUT2D eigenvalue weighted by Crippen LogP contribution is 2.33. The first kappa shape index (κ1) is 17.3. The van der Waals surface area contributed by atoms with Gasteiger partial charge >= 0.3 is 0 Å². The van der Waals surface area contributed by atoms with Crippen molar-refractivity contribution in [2.45, 2.75) is 25.4 Å². The second kappa shape index (κ2) is 7.67. The molecule has 0 amide bonds. The molecule has 0 saturated heterocycles. The molecule has 0 saturated carbocycles. The monoisotopic (exact) mass is 356 g/mol. The van der Waals surface area contributed by atoms with E-state index < -0.39 is 0 Å². The number of aryl methyl sites for hydroxylation is 1. The molecule has 1 heterocycles. The van der Waals surface area contributed by atoms with E-state index in [2.05, 4.69) is 66.5 Å². The summed E-state index contributed by atoms with van der Waals surface area (Å²) in [6.07, 6.45) is 1.88. The van der Waals surface area contributed by atoms with Crippen molar-refractivity contribution in [1.29, 1.82) is 0 Å². The first-order valence-corrected chi connectivity index (χ1v) is 9.39. The van der Waals surface area contributed by atoms with E-state index in [0.29, 0.717) is 0 Å². The van der Waals surface area contributed by atoms with E-state index in [1.165, 1.54) is 16.7 Å². The lowest BCUT2D eigenvalue weighted by atomic mass is 9.95. The Balaban J connectivity index is 1.69. The van der Waals surface area contributed by atoms with E-state index in [0.717, 1.165) is 30.8 Å². The zero-order valence-corrected chi connectivity index (χ0v) is 15.5. The van der Waals surface area contributed by atoms with Crippen LogP contribution in [0, 0.1) is 0 Å². The minimum absolute atomic E-state index is 0.0440. The van der Waals surface area contributed by atoms with Gasteiger partial charge < -0.3 is 10.0 Å². The van der Waals surface area contributed by atoms with Gasteiger partial charge in [-0.15, -0.1) is 0 Å². The maximum Gasteiger partial charge on any atom is 0.115 e. The molecule has 1 aliphatic rings. The zero-order valence-electron chi connectivity index (χ0n) is 15.5. The van der Waals surface area contributed by atoms with Crippen LogP contribution in [0.3, 0.4) is 0 Å². The van der Waals surface area contributed by atoms with E-state index >= 15 is 0 Å². The maximum absolute atomic E-state index is 9.67. The van der Waals surface area contributed by atoms with Crippen LogP contribution in [0.4, 0.5) is 0 Å². The molecule has 0 fully saturated rings. The third-order valence-electron chi connectivity index (χ3n) is 5.16. The quantitative estimate of drug-likeness (QED) is 0.717. The molecule has 3 nitrogen and oxygen atoms in total. The summed E-state index contributed by atoms with van der Waals surface area (Å²) < 4.78 is 0.